The lowest BCUT2D eigenvalue weighted by Gasteiger charge is -2.09. The molecule has 1 unspecified atom stereocenters. The molecule has 0 aliphatic rings. The van der Waals surface area contributed by atoms with Crippen molar-refractivity contribution in [2.75, 3.05) is 0 Å². The van der Waals surface area contributed by atoms with Gasteiger partial charge in [-0.05, 0) is 18.6 Å². The van der Waals surface area contributed by atoms with Crippen LogP contribution in [0.3, 0.4) is 0 Å². The molecule has 0 aliphatic heterocycles. The molecule has 1 aromatic rings. The minimum Gasteiger partial charge on any atom is -0.481 e. The number of ketones is 1. The summed E-state index contributed by atoms with van der Waals surface area (Å²) >= 11 is 5.75. The number of aliphatic carboxylic acids is 1. The van der Waals surface area contributed by atoms with Gasteiger partial charge >= 0.3 is 5.97 Å². The van der Waals surface area contributed by atoms with Crippen LogP contribution in [0, 0.1) is 5.92 Å². The van der Waals surface area contributed by atoms with Gasteiger partial charge in [-0.1, -0.05) is 37.1 Å². The number of hydrogen-bond acceptors (Lipinski definition) is 2. The first kappa shape index (κ1) is 12.7. The molecule has 1 aromatic carbocycles. The fourth-order valence-electron chi connectivity index (χ4n) is 1.50. The van der Waals surface area contributed by atoms with Gasteiger partial charge < -0.3 is 5.11 Å². The van der Waals surface area contributed by atoms with Crippen LogP contribution in [0.15, 0.2) is 24.3 Å². The standard InChI is InChI=1S/C12H13ClO3/c1-2-4-10(12(15)16)11(14)8-5-3-6-9(13)7-8/h3,5-7,10H,2,4H2,1H3,(H,15,16). The number of benzene rings is 1. The van der Waals surface area contributed by atoms with Crippen molar-refractivity contribution in [2.24, 2.45) is 5.92 Å². The normalized spacial score (nSPS) is 12.1. The van der Waals surface area contributed by atoms with E-state index >= 15 is 0 Å². The Bertz CT molecular complexity index is 401. The molecule has 0 aromatic heterocycles. The molecule has 0 bridgehead atoms. The average molecular weight is 241 g/mol. The maximum absolute atomic E-state index is 11.9. The van der Waals surface area contributed by atoms with E-state index in [0.29, 0.717) is 23.4 Å². The molecule has 0 aliphatic carbocycles. The van der Waals surface area contributed by atoms with Crippen molar-refractivity contribution in [1.82, 2.24) is 0 Å². The van der Waals surface area contributed by atoms with Crippen molar-refractivity contribution in [3.05, 3.63) is 34.9 Å². The van der Waals surface area contributed by atoms with Crippen LogP contribution in [0.5, 0.6) is 0 Å². The van der Waals surface area contributed by atoms with E-state index in [2.05, 4.69) is 0 Å². The van der Waals surface area contributed by atoms with Crippen LogP contribution in [0.25, 0.3) is 0 Å². The molecule has 4 heteroatoms. The number of rotatable bonds is 5. The summed E-state index contributed by atoms with van der Waals surface area (Å²) in [6, 6.07) is 6.36. The summed E-state index contributed by atoms with van der Waals surface area (Å²) in [6.45, 7) is 1.85. The van der Waals surface area contributed by atoms with Crippen molar-refractivity contribution in [1.29, 1.82) is 0 Å². The van der Waals surface area contributed by atoms with Gasteiger partial charge in [0.05, 0.1) is 0 Å². The Morgan fingerprint density at radius 1 is 1.44 bits per heavy atom. The van der Waals surface area contributed by atoms with Gasteiger partial charge in [0.25, 0.3) is 0 Å². The van der Waals surface area contributed by atoms with Gasteiger partial charge in [-0.25, -0.2) is 0 Å². The number of carboxylic acids is 1. The lowest BCUT2D eigenvalue weighted by molar-refractivity contribution is -0.140. The van der Waals surface area contributed by atoms with Crippen LogP contribution in [-0.2, 0) is 4.79 Å². The zero-order chi connectivity index (χ0) is 12.1. The van der Waals surface area contributed by atoms with Crippen LogP contribution in [0.1, 0.15) is 30.1 Å². The zero-order valence-electron chi connectivity index (χ0n) is 8.94. The largest absolute Gasteiger partial charge is 0.481 e. The zero-order valence-corrected chi connectivity index (χ0v) is 9.70. The highest BCUT2D eigenvalue weighted by atomic mass is 35.5. The third-order valence-corrected chi connectivity index (χ3v) is 2.54. The number of Topliss-reactive ketones (excluding diaryl/α,β-unsaturated/α-hetero) is 1. The Morgan fingerprint density at radius 2 is 2.12 bits per heavy atom. The van der Waals surface area contributed by atoms with E-state index in [1.165, 1.54) is 6.07 Å². The third-order valence-electron chi connectivity index (χ3n) is 2.30. The number of hydrogen-bond donors (Lipinski definition) is 1. The first-order valence-electron chi connectivity index (χ1n) is 5.08. The summed E-state index contributed by atoms with van der Waals surface area (Å²) in [7, 11) is 0. The molecular weight excluding hydrogens is 228 g/mol. The van der Waals surface area contributed by atoms with Gasteiger partial charge in [-0.3, -0.25) is 9.59 Å². The number of carbonyl (C=O) groups is 2. The van der Waals surface area contributed by atoms with E-state index < -0.39 is 11.9 Å². The molecule has 16 heavy (non-hydrogen) atoms. The van der Waals surface area contributed by atoms with E-state index in [1.54, 1.807) is 18.2 Å². The molecule has 1 rings (SSSR count). The van der Waals surface area contributed by atoms with E-state index in [4.69, 9.17) is 16.7 Å². The monoisotopic (exact) mass is 240 g/mol. The van der Waals surface area contributed by atoms with E-state index in [1.807, 2.05) is 6.92 Å². The second-order valence-corrected chi connectivity index (χ2v) is 3.99. The van der Waals surface area contributed by atoms with Gasteiger partial charge in [0.2, 0.25) is 0 Å². The Balaban J connectivity index is 2.94. The van der Waals surface area contributed by atoms with Crippen LogP contribution < -0.4 is 0 Å². The molecule has 0 saturated carbocycles. The lowest BCUT2D eigenvalue weighted by atomic mass is 9.94. The van der Waals surface area contributed by atoms with Crippen LogP contribution in [0.4, 0.5) is 0 Å². The second-order valence-electron chi connectivity index (χ2n) is 3.55. The second kappa shape index (κ2) is 5.66. The molecule has 86 valence electrons. The summed E-state index contributed by atoms with van der Waals surface area (Å²) in [6.07, 6.45) is 1.00. The molecule has 0 saturated heterocycles. The molecule has 0 spiro atoms. The fourth-order valence-corrected chi connectivity index (χ4v) is 1.69. The van der Waals surface area contributed by atoms with Gasteiger partial charge in [-0.15, -0.1) is 0 Å². The Labute approximate surface area is 99.0 Å². The van der Waals surface area contributed by atoms with Crippen molar-refractivity contribution in [3.8, 4) is 0 Å². The van der Waals surface area contributed by atoms with Crippen molar-refractivity contribution >= 4 is 23.4 Å². The topological polar surface area (TPSA) is 54.4 Å². The quantitative estimate of drug-likeness (QED) is 0.636. The number of halogens is 1. The van der Waals surface area contributed by atoms with Crippen LogP contribution in [-0.4, -0.2) is 16.9 Å². The maximum Gasteiger partial charge on any atom is 0.314 e. The van der Waals surface area contributed by atoms with Crippen LogP contribution >= 0.6 is 11.6 Å². The predicted octanol–water partition coefficient (Wildman–Crippen LogP) is 3.02. The number of carbonyl (C=O) groups excluding carboxylic acids is 1. The van der Waals surface area contributed by atoms with E-state index in [9.17, 15) is 9.59 Å². The maximum atomic E-state index is 11.9. The Hall–Kier alpha value is -1.35. The Morgan fingerprint density at radius 3 is 2.62 bits per heavy atom. The predicted molar refractivity (Wildman–Crippen MR) is 61.8 cm³/mol. The molecular formula is C12H13ClO3. The first-order valence-corrected chi connectivity index (χ1v) is 5.46. The number of carboxylic acid groups (broad SMARTS) is 1. The fraction of sp³-hybridized carbons (Fsp3) is 0.333. The molecule has 0 fully saturated rings. The van der Waals surface area contributed by atoms with E-state index in [0.717, 1.165) is 0 Å². The molecule has 0 heterocycles. The van der Waals surface area contributed by atoms with Gasteiger partial charge in [0, 0.05) is 10.6 Å². The summed E-state index contributed by atoms with van der Waals surface area (Å²) < 4.78 is 0. The minimum absolute atomic E-state index is 0.348. The lowest BCUT2D eigenvalue weighted by Crippen LogP contribution is -2.23. The highest BCUT2D eigenvalue weighted by Gasteiger charge is 2.26. The smallest absolute Gasteiger partial charge is 0.314 e. The van der Waals surface area contributed by atoms with Gasteiger partial charge in [0.1, 0.15) is 5.92 Å². The van der Waals surface area contributed by atoms with Crippen LogP contribution in [0.2, 0.25) is 5.02 Å². The van der Waals surface area contributed by atoms with Crippen molar-refractivity contribution < 1.29 is 14.7 Å². The average Bonchev–Trinajstić information content (AvgIpc) is 2.24. The first-order chi connectivity index (χ1) is 7.56. The molecule has 3 nitrogen and oxygen atoms in total. The highest BCUT2D eigenvalue weighted by Crippen LogP contribution is 2.18. The summed E-state index contributed by atoms with van der Waals surface area (Å²) in [4.78, 5) is 22.8. The van der Waals surface area contributed by atoms with E-state index in [-0.39, 0.29) is 5.78 Å². The van der Waals surface area contributed by atoms with Gasteiger partial charge in [0.15, 0.2) is 5.78 Å². The molecule has 1 N–H and O–H groups in total. The van der Waals surface area contributed by atoms with Crippen molar-refractivity contribution in [3.63, 3.8) is 0 Å². The third kappa shape index (κ3) is 3.07. The van der Waals surface area contributed by atoms with Crippen molar-refractivity contribution in [2.45, 2.75) is 19.8 Å². The minimum atomic E-state index is -1.08. The van der Waals surface area contributed by atoms with Gasteiger partial charge in [-0.2, -0.15) is 0 Å². The Kier molecular flexibility index (Phi) is 4.50. The molecule has 0 radical (unpaired) electrons. The highest BCUT2D eigenvalue weighted by molar-refractivity contribution is 6.31. The summed E-state index contributed by atoms with van der Waals surface area (Å²) in [5.74, 6) is -2.42. The summed E-state index contributed by atoms with van der Waals surface area (Å²) in [5.41, 5.74) is 0.355. The molecule has 1 atom stereocenters. The molecule has 0 amide bonds. The summed E-state index contributed by atoms with van der Waals surface area (Å²) in [5, 5.41) is 9.39. The SMILES string of the molecule is CCCC(C(=O)O)C(=O)c1cccc(Cl)c1.